The molecular weight excluding hydrogens is 259 g/mol. The molecular formula is C15H21FN2O2. The van der Waals surface area contributed by atoms with E-state index < -0.39 is 11.8 Å². The summed E-state index contributed by atoms with van der Waals surface area (Å²) in [5.74, 6) is -1.15. The first-order valence-corrected chi connectivity index (χ1v) is 6.76. The maximum absolute atomic E-state index is 13.8. The molecule has 1 aliphatic rings. The molecule has 0 radical (unpaired) electrons. The summed E-state index contributed by atoms with van der Waals surface area (Å²) in [7, 11) is 5.42. The van der Waals surface area contributed by atoms with Gasteiger partial charge in [-0.25, -0.2) is 9.18 Å². The third-order valence-electron chi connectivity index (χ3n) is 3.82. The van der Waals surface area contributed by atoms with Crippen LogP contribution in [0.15, 0.2) is 18.2 Å². The number of hydrogen-bond acceptors (Lipinski definition) is 4. The second kappa shape index (κ2) is 6.33. The standard InChI is InChI=1S/C15H21FN2O2/c1-17(2)12-6-7-18(10-12)9-11-4-5-13(14(16)8-11)15(19)20-3/h4-5,8,12H,6-7,9-10H2,1-3H3. The van der Waals surface area contributed by atoms with Gasteiger partial charge in [0.2, 0.25) is 0 Å². The number of benzene rings is 1. The smallest absolute Gasteiger partial charge is 0.340 e. The summed E-state index contributed by atoms with van der Waals surface area (Å²) in [6, 6.07) is 5.28. The Morgan fingerprint density at radius 3 is 2.80 bits per heavy atom. The Hall–Kier alpha value is -1.46. The average molecular weight is 280 g/mol. The largest absolute Gasteiger partial charge is 0.465 e. The minimum atomic E-state index is -0.636. The number of methoxy groups -OCH3 is 1. The van der Waals surface area contributed by atoms with E-state index in [0.29, 0.717) is 12.6 Å². The summed E-state index contributed by atoms with van der Waals surface area (Å²) < 4.78 is 18.4. The molecule has 0 amide bonds. The third kappa shape index (κ3) is 3.35. The van der Waals surface area contributed by atoms with Crippen molar-refractivity contribution in [3.63, 3.8) is 0 Å². The summed E-state index contributed by atoms with van der Waals surface area (Å²) >= 11 is 0. The first kappa shape index (κ1) is 14.9. The number of rotatable bonds is 4. The predicted molar refractivity (Wildman–Crippen MR) is 75.1 cm³/mol. The highest BCUT2D eigenvalue weighted by Gasteiger charge is 2.24. The van der Waals surface area contributed by atoms with Gasteiger partial charge in [-0.05, 0) is 38.2 Å². The average Bonchev–Trinajstić information content (AvgIpc) is 2.87. The molecule has 1 aliphatic heterocycles. The van der Waals surface area contributed by atoms with Gasteiger partial charge in [-0.1, -0.05) is 6.07 Å². The monoisotopic (exact) mass is 280 g/mol. The van der Waals surface area contributed by atoms with Crippen LogP contribution in [-0.2, 0) is 11.3 Å². The van der Waals surface area contributed by atoms with E-state index in [-0.39, 0.29) is 5.56 Å². The van der Waals surface area contributed by atoms with Crippen molar-refractivity contribution in [1.29, 1.82) is 0 Å². The van der Waals surface area contributed by atoms with Gasteiger partial charge in [0.25, 0.3) is 0 Å². The fourth-order valence-electron chi connectivity index (χ4n) is 2.57. The van der Waals surface area contributed by atoms with E-state index in [1.807, 2.05) is 0 Å². The molecule has 0 saturated carbocycles. The highest BCUT2D eigenvalue weighted by molar-refractivity contribution is 5.89. The van der Waals surface area contributed by atoms with Crippen molar-refractivity contribution >= 4 is 5.97 Å². The molecule has 5 heteroatoms. The Bertz CT molecular complexity index is 491. The molecule has 0 aliphatic carbocycles. The molecule has 1 aromatic carbocycles. The van der Waals surface area contributed by atoms with Crippen LogP contribution in [0, 0.1) is 5.82 Å². The molecule has 0 aromatic heterocycles. The number of likely N-dealkylation sites (tertiary alicyclic amines) is 1. The van der Waals surface area contributed by atoms with Crippen LogP contribution in [0.4, 0.5) is 4.39 Å². The summed E-state index contributed by atoms with van der Waals surface area (Å²) in [6.07, 6.45) is 1.13. The molecule has 0 N–H and O–H groups in total. The van der Waals surface area contributed by atoms with Gasteiger partial charge in [0, 0.05) is 25.7 Å². The van der Waals surface area contributed by atoms with E-state index >= 15 is 0 Å². The lowest BCUT2D eigenvalue weighted by atomic mass is 10.1. The van der Waals surface area contributed by atoms with Crippen molar-refractivity contribution < 1.29 is 13.9 Å². The molecule has 0 bridgehead atoms. The van der Waals surface area contributed by atoms with Gasteiger partial charge in [-0.2, -0.15) is 0 Å². The Kier molecular flexibility index (Phi) is 4.73. The lowest BCUT2D eigenvalue weighted by Crippen LogP contribution is -2.31. The van der Waals surface area contributed by atoms with Crippen LogP contribution in [-0.4, -0.2) is 56.1 Å². The molecule has 110 valence electrons. The lowest BCUT2D eigenvalue weighted by Gasteiger charge is -2.20. The maximum atomic E-state index is 13.8. The molecule has 1 aromatic rings. The number of nitrogens with zero attached hydrogens (tertiary/aromatic N) is 2. The third-order valence-corrected chi connectivity index (χ3v) is 3.82. The van der Waals surface area contributed by atoms with Crippen molar-refractivity contribution in [3.05, 3.63) is 35.1 Å². The Morgan fingerprint density at radius 1 is 1.50 bits per heavy atom. The lowest BCUT2D eigenvalue weighted by molar-refractivity contribution is 0.0595. The molecule has 1 saturated heterocycles. The predicted octanol–water partition coefficient (Wildman–Crippen LogP) is 1.75. The zero-order valence-corrected chi connectivity index (χ0v) is 12.2. The highest BCUT2D eigenvalue weighted by atomic mass is 19.1. The van der Waals surface area contributed by atoms with Crippen LogP contribution in [0.3, 0.4) is 0 Å². The maximum Gasteiger partial charge on any atom is 0.340 e. The number of carbonyl (C=O) groups excluding carboxylic acids is 1. The molecule has 0 spiro atoms. The Labute approximate surface area is 119 Å². The summed E-state index contributed by atoms with van der Waals surface area (Å²) in [5, 5.41) is 0. The van der Waals surface area contributed by atoms with Gasteiger partial charge in [-0.3, -0.25) is 4.90 Å². The molecule has 1 unspecified atom stereocenters. The summed E-state index contributed by atoms with van der Waals surface area (Å²) in [4.78, 5) is 15.9. The molecule has 20 heavy (non-hydrogen) atoms. The zero-order chi connectivity index (χ0) is 14.7. The van der Waals surface area contributed by atoms with Crippen LogP contribution < -0.4 is 0 Å². The molecule has 1 fully saturated rings. The minimum Gasteiger partial charge on any atom is -0.465 e. The van der Waals surface area contributed by atoms with E-state index in [1.54, 1.807) is 6.07 Å². The number of likely N-dealkylation sites (N-methyl/N-ethyl adjacent to an activating group) is 1. The quantitative estimate of drug-likeness (QED) is 0.787. The number of halogens is 1. The fourth-order valence-corrected chi connectivity index (χ4v) is 2.57. The summed E-state index contributed by atoms with van der Waals surface area (Å²) in [6.45, 7) is 2.72. The Morgan fingerprint density at radius 2 is 2.25 bits per heavy atom. The number of ether oxygens (including phenoxy) is 1. The van der Waals surface area contributed by atoms with Crippen molar-refractivity contribution in [3.8, 4) is 0 Å². The number of carbonyl (C=O) groups is 1. The van der Waals surface area contributed by atoms with E-state index in [1.165, 1.54) is 19.2 Å². The van der Waals surface area contributed by atoms with Crippen molar-refractivity contribution in [2.24, 2.45) is 0 Å². The summed E-state index contributed by atoms with van der Waals surface area (Å²) in [5.41, 5.74) is 0.874. The molecule has 1 heterocycles. The highest BCUT2D eigenvalue weighted by Crippen LogP contribution is 2.18. The van der Waals surface area contributed by atoms with Crippen LogP contribution in [0.25, 0.3) is 0 Å². The van der Waals surface area contributed by atoms with Crippen molar-refractivity contribution in [1.82, 2.24) is 9.80 Å². The first-order valence-electron chi connectivity index (χ1n) is 6.76. The van der Waals surface area contributed by atoms with E-state index in [0.717, 1.165) is 25.1 Å². The van der Waals surface area contributed by atoms with Gasteiger partial charge in [0.1, 0.15) is 5.82 Å². The van der Waals surface area contributed by atoms with Crippen LogP contribution in [0.2, 0.25) is 0 Å². The van der Waals surface area contributed by atoms with Gasteiger partial charge >= 0.3 is 5.97 Å². The Balaban J connectivity index is 2.01. The SMILES string of the molecule is COC(=O)c1ccc(CN2CCC(N(C)C)C2)cc1F. The van der Waals surface area contributed by atoms with Gasteiger partial charge in [0.05, 0.1) is 12.7 Å². The van der Waals surface area contributed by atoms with Crippen LogP contribution >= 0.6 is 0 Å². The van der Waals surface area contributed by atoms with E-state index in [2.05, 4.69) is 28.6 Å². The minimum absolute atomic E-state index is 0.0103. The molecule has 1 atom stereocenters. The van der Waals surface area contributed by atoms with E-state index in [4.69, 9.17) is 0 Å². The van der Waals surface area contributed by atoms with Crippen molar-refractivity contribution in [2.45, 2.75) is 19.0 Å². The fraction of sp³-hybridized carbons (Fsp3) is 0.533. The number of hydrogen-bond donors (Lipinski definition) is 0. The number of esters is 1. The van der Waals surface area contributed by atoms with E-state index in [9.17, 15) is 9.18 Å². The van der Waals surface area contributed by atoms with Crippen LogP contribution in [0.5, 0.6) is 0 Å². The van der Waals surface area contributed by atoms with Gasteiger partial charge in [-0.15, -0.1) is 0 Å². The second-order valence-corrected chi connectivity index (χ2v) is 5.45. The van der Waals surface area contributed by atoms with Gasteiger partial charge < -0.3 is 9.64 Å². The second-order valence-electron chi connectivity index (χ2n) is 5.45. The zero-order valence-electron chi connectivity index (χ0n) is 12.2. The van der Waals surface area contributed by atoms with Crippen LogP contribution in [0.1, 0.15) is 22.3 Å². The molecule has 4 nitrogen and oxygen atoms in total. The molecule has 2 rings (SSSR count). The van der Waals surface area contributed by atoms with Crippen molar-refractivity contribution in [2.75, 3.05) is 34.3 Å². The normalized spacial score (nSPS) is 19.6. The first-order chi connectivity index (χ1) is 9.51. The topological polar surface area (TPSA) is 32.8 Å². The van der Waals surface area contributed by atoms with Gasteiger partial charge in [0.15, 0.2) is 0 Å².